The van der Waals surface area contributed by atoms with Crippen LogP contribution in [-0.4, -0.2) is 36.3 Å². The summed E-state index contributed by atoms with van der Waals surface area (Å²) in [6, 6.07) is -0.215. The maximum absolute atomic E-state index is 12.5. The number of rotatable bonds is 2. The second-order valence-corrected chi connectivity index (χ2v) is 6.08. The molecule has 0 aromatic rings. The van der Waals surface area contributed by atoms with E-state index in [9.17, 15) is 9.59 Å². The highest BCUT2D eigenvalue weighted by atomic mass is 16.2. The largest absolute Gasteiger partial charge is 0.357 e. The van der Waals surface area contributed by atoms with Crippen LogP contribution in [0.5, 0.6) is 0 Å². The van der Waals surface area contributed by atoms with Crippen molar-refractivity contribution in [2.24, 2.45) is 17.8 Å². The molecule has 4 heteroatoms. The first-order valence-corrected chi connectivity index (χ1v) is 7.22. The number of likely N-dealkylation sites (N-methyl/N-ethyl adjacent to an activating group) is 1. The van der Waals surface area contributed by atoms with Gasteiger partial charge >= 0.3 is 0 Å². The van der Waals surface area contributed by atoms with Gasteiger partial charge in [0.1, 0.15) is 6.04 Å². The van der Waals surface area contributed by atoms with Crippen molar-refractivity contribution in [2.45, 2.75) is 44.6 Å². The van der Waals surface area contributed by atoms with Gasteiger partial charge in [0.2, 0.25) is 11.8 Å². The third-order valence-corrected chi connectivity index (χ3v) is 4.93. The molecule has 0 radical (unpaired) electrons. The first-order valence-electron chi connectivity index (χ1n) is 7.22. The molecule has 3 atom stereocenters. The van der Waals surface area contributed by atoms with Gasteiger partial charge in [-0.15, -0.1) is 0 Å². The van der Waals surface area contributed by atoms with Crippen molar-refractivity contribution in [2.75, 3.05) is 13.6 Å². The fourth-order valence-electron chi connectivity index (χ4n) is 3.79. The molecule has 0 aromatic carbocycles. The zero-order valence-corrected chi connectivity index (χ0v) is 11.0. The van der Waals surface area contributed by atoms with Gasteiger partial charge in [-0.3, -0.25) is 9.59 Å². The summed E-state index contributed by atoms with van der Waals surface area (Å²) in [7, 11) is 1.66. The Morgan fingerprint density at radius 3 is 2.50 bits per heavy atom. The number of carbonyl (C=O) groups is 2. The van der Waals surface area contributed by atoms with E-state index in [0.29, 0.717) is 0 Å². The van der Waals surface area contributed by atoms with Crippen molar-refractivity contribution in [3.63, 3.8) is 0 Å². The van der Waals surface area contributed by atoms with Crippen LogP contribution in [-0.2, 0) is 9.59 Å². The van der Waals surface area contributed by atoms with Crippen LogP contribution in [0.25, 0.3) is 0 Å². The normalized spacial score (nSPS) is 38.2. The van der Waals surface area contributed by atoms with Crippen LogP contribution in [0, 0.1) is 17.8 Å². The minimum atomic E-state index is -0.215. The smallest absolute Gasteiger partial charge is 0.242 e. The van der Waals surface area contributed by atoms with Gasteiger partial charge in [-0.2, -0.15) is 0 Å². The van der Waals surface area contributed by atoms with Gasteiger partial charge in [0, 0.05) is 19.5 Å². The molecule has 100 valence electrons. The summed E-state index contributed by atoms with van der Waals surface area (Å²) in [6.45, 7) is 0.767. The van der Waals surface area contributed by atoms with E-state index in [0.717, 1.165) is 50.5 Å². The van der Waals surface area contributed by atoms with Crippen LogP contribution in [0.4, 0.5) is 0 Å². The van der Waals surface area contributed by atoms with E-state index in [-0.39, 0.29) is 23.8 Å². The quantitative estimate of drug-likeness (QED) is 0.799. The molecule has 3 fully saturated rings. The summed E-state index contributed by atoms with van der Waals surface area (Å²) in [5.74, 6) is 2.10. The van der Waals surface area contributed by atoms with Gasteiger partial charge in [0.05, 0.1) is 0 Å². The van der Waals surface area contributed by atoms with Crippen LogP contribution < -0.4 is 5.32 Å². The van der Waals surface area contributed by atoms with Crippen LogP contribution in [0.15, 0.2) is 0 Å². The lowest BCUT2D eigenvalue weighted by molar-refractivity contribution is -0.145. The predicted octanol–water partition coefficient (Wildman–Crippen LogP) is 1.16. The molecule has 4 nitrogen and oxygen atoms in total. The molecule has 3 unspecified atom stereocenters. The second kappa shape index (κ2) is 4.56. The van der Waals surface area contributed by atoms with Crippen molar-refractivity contribution in [1.29, 1.82) is 0 Å². The molecule has 3 aliphatic rings. The monoisotopic (exact) mass is 250 g/mol. The van der Waals surface area contributed by atoms with Gasteiger partial charge in [0.15, 0.2) is 0 Å². The molecule has 1 N–H and O–H groups in total. The summed E-state index contributed by atoms with van der Waals surface area (Å²) in [5, 5.41) is 2.69. The highest BCUT2D eigenvalue weighted by Gasteiger charge is 2.49. The molecule has 1 heterocycles. The van der Waals surface area contributed by atoms with Gasteiger partial charge in [-0.25, -0.2) is 0 Å². The molecule has 1 saturated heterocycles. The first kappa shape index (κ1) is 12.0. The lowest BCUT2D eigenvalue weighted by Crippen LogP contribution is -2.52. The Morgan fingerprint density at radius 1 is 1.11 bits per heavy atom. The number of hydrogen-bond acceptors (Lipinski definition) is 2. The van der Waals surface area contributed by atoms with Crippen molar-refractivity contribution < 1.29 is 9.59 Å². The molecule has 18 heavy (non-hydrogen) atoms. The fraction of sp³-hybridized carbons (Fsp3) is 0.857. The lowest BCUT2D eigenvalue weighted by atomic mass is 9.96. The van der Waals surface area contributed by atoms with E-state index < -0.39 is 0 Å². The van der Waals surface area contributed by atoms with Crippen molar-refractivity contribution in [3.8, 4) is 0 Å². The SMILES string of the molecule is CNC(=O)C1CCCCN1C(=O)C1CC2CC2C1. The number of likely N-dealkylation sites (tertiary alicyclic amines) is 1. The molecule has 1 aliphatic heterocycles. The predicted molar refractivity (Wildman–Crippen MR) is 67.7 cm³/mol. The van der Waals surface area contributed by atoms with Crippen molar-refractivity contribution in [1.82, 2.24) is 10.2 Å². The lowest BCUT2D eigenvalue weighted by Gasteiger charge is -2.36. The van der Waals surface area contributed by atoms with E-state index in [2.05, 4.69) is 5.32 Å². The number of hydrogen-bond donors (Lipinski definition) is 1. The minimum absolute atomic E-state index is 0.00575. The van der Waals surface area contributed by atoms with Crippen LogP contribution >= 0.6 is 0 Å². The van der Waals surface area contributed by atoms with Gasteiger partial charge in [-0.1, -0.05) is 0 Å². The number of carbonyl (C=O) groups excluding carboxylic acids is 2. The molecule has 2 amide bonds. The summed E-state index contributed by atoms with van der Waals surface area (Å²) in [5.41, 5.74) is 0. The molecule has 0 spiro atoms. The first-order chi connectivity index (χ1) is 8.70. The summed E-state index contributed by atoms with van der Waals surface area (Å²) >= 11 is 0. The van der Waals surface area contributed by atoms with Crippen LogP contribution in [0.3, 0.4) is 0 Å². The third-order valence-electron chi connectivity index (χ3n) is 4.93. The van der Waals surface area contributed by atoms with Crippen molar-refractivity contribution in [3.05, 3.63) is 0 Å². The Labute approximate surface area is 108 Å². The number of nitrogens with zero attached hydrogens (tertiary/aromatic N) is 1. The van der Waals surface area contributed by atoms with Gasteiger partial charge in [-0.05, 0) is 50.4 Å². The Bertz CT molecular complexity index is 359. The second-order valence-electron chi connectivity index (χ2n) is 6.08. The Hall–Kier alpha value is -1.06. The van der Waals surface area contributed by atoms with E-state index in [4.69, 9.17) is 0 Å². The van der Waals surface area contributed by atoms with E-state index in [1.54, 1.807) is 7.05 Å². The standard InChI is InChI=1S/C14H22N2O2/c1-15-13(17)12-4-2-3-5-16(12)14(18)11-7-9-6-10(9)8-11/h9-12H,2-8H2,1H3,(H,15,17). The van der Waals surface area contributed by atoms with Crippen LogP contribution in [0.1, 0.15) is 38.5 Å². The minimum Gasteiger partial charge on any atom is -0.357 e. The highest BCUT2D eigenvalue weighted by Crippen LogP contribution is 2.54. The topological polar surface area (TPSA) is 49.4 Å². The number of fused-ring (bicyclic) bond motifs is 1. The summed E-state index contributed by atoms with van der Waals surface area (Å²) in [4.78, 5) is 26.3. The number of amides is 2. The zero-order chi connectivity index (χ0) is 12.7. The van der Waals surface area contributed by atoms with Gasteiger partial charge in [0.25, 0.3) is 0 Å². The molecule has 0 bridgehead atoms. The maximum Gasteiger partial charge on any atom is 0.242 e. The third kappa shape index (κ3) is 2.02. The maximum atomic E-state index is 12.5. The average Bonchev–Trinajstić information content (AvgIpc) is 3.03. The van der Waals surface area contributed by atoms with E-state index in [1.165, 1.54) is 6.42 Å². The fourth-order valence-corrected chi connectivity index (χ4v) is 3.79. The Balaban J connectivity index is 1.67. The number of nitrogens with one attached hydrogen (secondary N) is 1. The summed E-state index contributed by atoms with van der Waals surface area (Å²) in [6.07, 6.45) is 6.39. The molecular weight excluding hydrogens is 228 g/mol. The Kier molecular flexibility index (Phi) is 3.04. The zero-order valence-electron chi connectivity index (χ0n) is 11.0. The number of piperidine rings is 1. The molecule has 0 aromatic heterocycles. The van der Waals surface area contributed by atoms with E-state index >= 15 is 0 Å². The van der Waals surface area contributed by atoms with Crippen molar-refractivity contribution >= 4 is 11.8 Å². The summed E-state index contributed by atoms with van der Waals surface area (Å²) < 4.78 is 0. The van der Waals surface area contributed by atoms with E-state index in [1.807, 2.05) is 4.90 Å². The van der Waals surface area contributed by atoms with Gasteiger partial charge < -0.3 is 10.2 Å². The Morgan fingerprint density at radius 2 is 1.83 bits per heavy atom. The molecular formula is C14H22N2O2. The average molecular weight is 250 g/mol. The molecule has 2 saturated carbocycles. The molecule has 3 rings (SSSR count). The highest BCUT2D eigenvalue weighted by molar-refractivity contribution is 5.88. The molecule has 2 aliphatic carbocycles. The van der Waals surface area contributed by atoms with Crippen LogP contribution in [0.2, 0.25) is 0 Å².